The molecule has 0 aliphatic carbocycles. The van der Waals surface area contributed by atoms with Crippen molar-refractivity contribution in [2.45, 2.75) is 13.0 Å². The van der Waals surface area contributed by atoms with Gasteiger partial charge in [0.2, 0.25) is 0 Å². The molecule has 0 saturated heterocycles. The maximum absolute atomic E-state index is 13.0. The van der Waals surface area contributed by atoms with E-state index in [0.29, 0.717) is 24.2 Å². The number of para-hydroxylation sites is 2. The molecule has 0 spiro atoms. The van der Waals surface area contributed by atoms with Crippen LogP contribution in [0.15, 0.2) is 72.8 Å². The summed E-state index contributed by atoms with van der Waals surface area (Å²) in [6, 6.07) is 22.3. The molecule has 4 rings (SSSR count). The summed E-state index contributed by atoms with van der Waals surface area (Å²) in [5.74, 6) is 0.408. The number of anilines is 1. The number of nitrogens with one attached hydrogen (secondary N) is 1. The molecule has 3 aromatic rings. The number of nitrogens with zero attached hydrogens (tertiary/aromatic N) is 1. The van der Waals surface area contributed by atoms with E-state index in [4.69, 9.17) is 4.74 Å². The predicted molar refractivity (Wildman–Crippen MR) is 112 cm³/mol. The van der Waals surface area contributed by atoms with Gasteiger partial charge < -0.3 is 15.0 Å². The van der Waals surface area contributed by atoms with Crippen molar-refractivity contribution in [2.75, 3.05) is 18.6 Å². The standard InChI is InChI=1S/C24H22N2O3/c1-29-22-12-5-3-8-20(22)16-25-23(27)18-9-6-10-19(15-18)24(28)26-14-13-17-7-2-4-11-21(17)26/h2-12,15H,13-14,16H2,1H3,(H,25,27). The summed E-state index contributed by atoms with van der Waals surface area (Å²) < 4.78 is 5.32. The van der Waals surface area contributed by atoms with Crippen LogP contribution in [0.4, 0.5) is 5.69 Å². The highest BCUT2D eigenvalue weighted by Crippen LogP contribution is 2.29. The van der Waals surface area contributed by atoms with E-state index < -0.39 is 0 Å². The molecular weight excluding hydrogens is 364 g/mol. The van der Waals surface area contributed by atoms with E-state index in [1.165, 1.54) is 5.56 Å². The minimum Gasteiger partial charge on any atom is -0.496 e. The number of fused-ring (bicyclic) bond motifs is 1. The SMILES string of the molecule is COc1ccccc1CNC(=O)c1cccc(C(=O)N2CCc3ccccc32)c1. The van der Waals surface area contributed by atoms with E-state index in [1.54, 1.807) is 36.3 Å². The molecule has 0 bridgehead atoms. The second-order valence-corrected chi connectivity index (χ2v) is 6.91. The van der Waals surface area contributed by atoms with Crippen molar-refractivity contribution in [1.29, 1.82) is 0 Å². The number of ether oxygens (including phenoxy) is 1. The van der Waals surface area contributed by atoms with Gasteiger partial charge in [-0.15, -0.1) is 0 Å². The normalized spacial score (nSPS) is 12.4. The molecule has 0 unspecified atom stereocenters. The van der Waals surface area contributed by atoms with Crippen molar-refractivity contribution < 1.29 is 14.3 Å². The van der Waals surface area contributed by atoms with Gasteiger partial charge in [-0.3, -0.25) is 9.59 Å². The van der Waals surface area contributed by atoms with E-state index in [9.17, 15) is 9.59 Å². The van der Waals surface area contributed by atoms with Crippen molar-refractivity contribution in [3.05, 3.63) is 95.1 Å². The quantitative estimate of drug-likeness (QED) is 0.725. The summed E-state index contributed by atoms with van der Waals surface area (Å²) in [4.78, 5) is 27.4. The first-order valence-electron chi connectivity index (χ1n) is 9.57. The van der Waals surface area contributed by atoms with Crippen molar-refractivity contribution in [2.24, 2.45) is 0 Å². The van der Waals surface area contributed by atoms with Crippen LogP contribution in [0.25, 0.3) is 0 Å². The van der Waals surface area contributed by atoms with Crippen LogP contribution in [-0.4, -0.2) is 25.5 Å². The first kappa shape index (κ1) is 18.7. The van der Waals surface area contributed by atoms with Crippen LogP contribution < -0.4 is 15.0 Å². The fraction of sp³-hybridized carbons (Fsp3) is 0.167. The van der Waals surface area contributed by atoms with Crippen molar-refractivity contribution in [1.82, 2.24) is 5.32 Å². The molecule has 0 radical (unpaired) electrons. The molecule has 3 aromatic carbocycles. The lowest BCUT2D eigenvalue weighted by atomic mass is 10.1. The third kappa shape index (κ3) is 3.85. The maximum Gasteiger partial charge on any atom is 0.258 e. The van der Waals surface area contributed by atoms with Gasteiger partial charge in [0, 0.05) is 35.5 Å². The minimum absolute atomic E-state index is 0.0886. The van der Waals surface area contributed by atoms with E-state index in [2.05, 4.69) is 5.32 Å². The average molecular weight is 386 g/mol. The molecule has 0 atom stereocenters. The number of hydrogen-bond acceptors (Lipinski definition) is 3. The van der Waals surface area contributed by atoms with Crippen molar-refractivity contribution in [3.8, 4) is 5.75 Å². The lowest BCUT2D eigenvalue weighted by molar-refractivity contribution is 0.0950. The molecule has 1 N–H and O–H groups in total. The van der Waals surface area contributed by atoms with E-state index in [1.807, 2.05) is 48.5 Å². The van der Waals surface area contributed by atoms with Gasteiger partial charge in [0.15, 0.2) is 0 Å². The molecule has 1 aliphatic heterocycles. The Kier molecular flexibility index (Phi) is 5.29. The van der Waals surface area contributed by atoms with E-state index in [-0.39, 0.29) is 11.8 Å². The molecule has 2 amide bonds. The van der Waals surface area contributed by atoms with Gasteiger partial charge >= 0.3 is 0 Å². The zero-order valence-electron chi connectivity index (χ0n) is 16.2. The Hall–Kier alpha value is -3.60. The molecule has 0 saturated carbocycles. The van der Waals surface area contributed by atoms with Crippen LogP contribution in [0.3, 0.4) is 0 Å². The van der Waals surface area contributed by atoms with Gasteiger partial charge in [0.05, 0.1) is 7.11 Å². The lowest BCUT2D eigenvalue weighted by Gasteiger charge is -2.17. The largest absolute Gasteiger partial charge is 0.496 e. The molecule has 1 heterocycles. The van der Waals surface area contributed by atoms with Gasteiger partial charge in [-0.05, 0) is 42.3 Å². The molecular formula is C24H22N2O3. The fourth-order valence-electron chi connectivity index (χ4n) is 3.63. The third-order valence-corrected chi connectivity index (χ3v) is 5.14. The monoisotopic (exact) mass is 386 g/mol. The Labute approximate surface area is 169 Å². The van der Waals surface area contributed by atoms with Crippen LogP contribution in [0.1, 0.15) is 31.8 Å². The summed E-state index contributed by atoms with van der Waals surface area (Å²) in [5, 5.41) is 2.90. The second kappa shape index (κ2) is 8.19. The predicted octanol–water partition coefficient (Wildman–Crippen LogP) is 3.83. The van der Waals surface area contributed by atoms with Crippen LogP contribution in [-0.2, 0) is 13.0 Å². The highest BCUT2D eigenvalue weighted by atomic mass is 16.5. The number of carbonyl (C=O) groups is 2. The molecule has 0 aromatic heterocycles. The van der Waals surface area contributed by atoms with Crippen LogP contribution in [0.2, 0.25) is 0 Å². The number of hydrogen-bond donors (Lipinski definition) is 1. The number of carbonyl (C=O) groups excluding carboxylic acids is 2. The molecule has 1 aliphatic rings. The topological polar surface area (TPSA) is 58.6 Å². The lowest BCUT2D eigenvalue weighted by Crippen LogP contribution is -2.29. The highest BCUT2D eigenvalue weighted by molar-refractivity contribution is 6.08. The van der Waals surface area contributed by atoms with Gasteiger partial charge in [-0.2, -0.15) is 0 Å². The molecule has 5 heteroatoms. The van der Waals surface area contributed by atoms with Crippen LogP contribution >= 0.6 is 0 Å². The van der Waals surface area contributed by atoms with Gasteiger partial charge in [-0.25, -0.2) is 0 Å². The molecule has 146 valence electrons. The summed E-state index contributed by atoms with van der Waals surface area (Å²) in [6.07, 6.45) is 0.848. The Morgan fingerprint density at radius 1 is 0.966 bits per heavy atom. The van der Waals surface area contributed by atoms with Crippen LogP contribution in [0.5, 0.6) is 5.75 Å². The fourth-order valence-corrected chi connectivity index (χ4v) is 3.63. The Morgan fingerprint density at radius 3 is 2.59 bits per heavy atom. The van der Waals surface area contributed by atoms with E-state index in [0.717, 1.165) is 23.4 Å². The van der Waals surface area contributed by atoms with Crippen LogP contribution in [0, 0.1) is 0 Å². The third-order valence-electron chi connectivity index (χ3n) is 5.14. The van der Waals surface area contributed by atoms with Gasteiger partial charge in [0.1, 0.15) is 5.75 Å². The molecule has 0 fully saturated rings. The smallest absolute Gasteiger partial charge is 0.258 e. The number of benzene rings is 3. The average Bonchev–Trinajstić information content (AvgIpc) is 3.21. The summed E-state index contributed by atoms with van der Waals surface area (Å²) >= 11 is 0. The van der Waals surface area contributed by atoms with E-state index >= 15 is 0 Å². The van der Waals surface area contributed by atoms with Gasteiger partial charge in [0.25, 0.3) is 11.8 Å². The van der Waals surface area contributed by atoms with Gasteiger partial charge in [-0.1, -0.05) is 42.5 Å². The zero-order chi connectivity index (χ0) is 20.2. The molecule has 29 heavy (non-hydrogen) atoms. The first-order valence-corrected chi connectivity index (χ1v) is 9.57. The first-order chi connectivity index (χ1) is 14.2. The highest BCUT2D eigenvalue weighted by Gasteiger charge is 2.25. The molecule has 5 nitrogen and oxygen atoms in total. The number of methoxy groups -OCH3 is 1. The van der Waals surface area contributed by atoms with Crippen molar-refractivity contribution >= 4 is 17.5 Å². The Morgan fingerprint density at radius 2 is 1.72 bits per heavy atom. The summed E-state index contributed by atoms with van der Waals surface area (Å²) in [5.41, 5.74) is 3.98. The maximum atomic E-state index is 13.0. The van der Waals surface area contributed by atoms with Crippen molar-refractivity contribution in [3.63, 3.8) is 0 Å². The Bertz CT molecular complexity index is 1060. The summed E-state index contributed by atoms with van der Waals surface area (Å²) in [7, 11) is 1.60. The number of rotatable bonds is 5. The summed E-state index contributed by atoms with van der Waals surface area (Å²) in [6.45, 7) is 1.00. The second-order valence-electron chi connectivity index (χ2n) is 6.91. The number of amides is 2. The zero-order valence-corrected chi connectivity index (χ0v) is 16.2. The minimum atomic E-state index is -0.229. The Balaban J connectivity index is 1.49.